The van der Waals surface area contributed by atoms with E-state index in [9.17, 15) is 14.4 Å². The van der Waals surface area contributed by atoms with E-state index in [0.717, 1.165) is 34.6 Å². The van der Waals surface area contributed by atoms with Gasteiger partial charge in [-0.15, -0.1) is 0 Å². The van der Waals surface area contributed by atoms with Crippen LogP contribution in [0.1, 0.15) is 29.4 Å². The molecule has 158 valence electrons. The summed E-state index contributed by atoms with van der Waals surface area (Å²) in [5, 5.41) is 0.677. The van der Waals surface area contributed by atoms with Gasteiger partial charge in [0.05, 0.1) is 5.52 Å². The van der Waals surface area contributed by atoms with Crippen molar-refractivity contribution in [2.75, 3.05) is 31.1 Å². The number of fused-ring (bicyclic) bond motifs is 1. The average molecular weight is 448 g/mol. The number of halogens is 1. The first-order valence-corrected chi connectivity index (χ1v) is 11.1. The molecule has 0 unspecified atom stereocenters. The molecule has 1 aliphatic rings. The smallest absolute Gasteiger partial charge is 0.328 e. The van der Waals surface area contributed by atoms with Gasteiger partial charge in [-0.2, -0.15) is 4.37 Å². The van der Waals surface area contributed by atoms with Crippen molar-refractivity contribution in [2.45, 2.75) is 26.3 Å². The van der Waals surface area contributed by atoms with Crippen LogP contribution in [-0.4, -0.2) is 50.9 Å². The molecule has 8 nitrogen and oxygen atoms in total. The van der Waals surface area contributed by atoms with Crippen LogP contribution >= 0.6 is 23.1 Å². The molecule has 1 fully saturated rings. The van der Waals surface area contributed by atoms with Gasteiger partial charge in [0, 0.05) is 43.4 Å². The summed E-state index contributed by atoms with van der Waals surface area (Å²) >= 11 is 7.04. The molecule has 0 bridgehead atoms. The molecular weight excluding hydrogens is 426 g/mol. The van der Waals surface area contributed by atoms with Crippen LogP contribution in [-0.2, 0) is 6.54 Å². The highest BCUT2D eigenvalue weighted by atomic mass is 35.5. The van der Waals surface area contributed by atoms with Gasteiger partial charge in [-0.1, -0.05) is 31.0 Å². The summed E-state index contributed by atoms with van der Waals surface area (Å²) in [6.45, 7) is 4.73. The summed E-state index contributed by atoms with van der Waals surface area (Å²) in [5.41, 5.74) is 0.473. The van der Waals surface area contributed by atoms with Crippen molar-refractivity contribution in [1.82, 2.24) is 18.8 Å². The minimum Gasteiger partial charge on any atom is -0.368 e. The highest BCUT2D eigenvalue weighted by Crippen LogP contribution is 2.23. The number of anilines is 1. The van der Waals surface area contributed by atoms with Gasteiger partial charge in [0.25, 0.3) is 11.5 Å². The Kier molecular flexibility index (Phi) is 5.92. The predicted octanol–water partition coefficient (Wildman–Crippen LogP) is 2.56. The molecule has 1 aliphatic heterocycles. The molecule has 1 saturated heterocycles. The topological polar surface area (TPSA) is 91.3 Å². The number of nitrogens with one attached hydrogen (secondary N) is 1. The molecule has 1 N–H and O–H groups in total. The zero-order valence-electron chi connectivity index (χ0n) is 16.6. The van der Waals surface area contributed by atoms with Crippen molar-refractivity contribution in [1.29, 1.82) is 0 Å². The summed E-state index contributed by atoms with van der Waals surface area (Å²) in [6.07, 6.45) is 1.59. The first-order valence-electron chi connectivity index (χ1n) is 9.92. The van der Waals surface area contributed by atoms with E-state index in [4.69, 9.17) is 11.6 Å². The van der Waals surface area contributed by atoms with Gasteiger partial charge < -0.3 is 14.8 Å². The van der Waals surface area contributed by atoms with E-state index in [1.807, 2.05) is 31.2 Å². The summed E-state index contributed by atoms with van der Waals surface area (Å²) in [5.74, 6) is -0.213. The van der Waals surface area contributed by atoms with Crippen LogP contribution in [0.5, 0.6) is 0 Å². The van der Waals surface area contributed by atoms with Gasteiger partial charge >= 0.3 is 5.69 Å². The fraction of sp³-hybridized carbons (Fsp3) is 0.400. The molecule has 3 heterocycles. The van der Waals surface area contributed by atoms with Crippen molar-refractivity contribution in [2.24, 2.45) is 0 Å². The second kappa shape index (κ2) is 8.61. The van der Waals surface area contributed by atoms with E-state index in [1.54, 1.807) is 4.90 Å². The van der Waals surface area contributed by atoms with Crippen molar-refractivity contribution in [3.63, 3.8) is 0 Å². The number of amides is 1. The van der Waals surface area contributed by atoms with Gasteiger partial charge in [0.2, 0.25) is 0 Å². The summed E-state index contributed by atoms with van der Waals surface area (Å²) in [4.78, 5) is 45.0. The Hall–Kier alpha value is -2.65. The van der Waals surface area contributed by atoms with Gasteiger partial charge in [-0.3, -0.25) is 14.2 Å². The lowest BCUT2D eigenvalue weighted by molar-refractivity contribution is 0.0753. The van der Waals surface area contributed by atoms with Crippen LogP contribution in [0.25, 0.3) is 11.0 Å². The summed E-state index contributed by atoms with van der Waals surface area (Å²) in [6, 6.07) is 7.64. The van der Waals surface area contributed by atoms with Crippen molar-refractivity contribution < 1.29 is 4.79 Å². The number of aromatic amines is 1. The largest absolute Gasteiger partial charge is 0.368 e. The van der Waals surface area contributed by atoms with Gasteiger partial charge in [-0.25, -0.2) is 4.79 Å². The third-order valence-electron chi connectivity index (χ3n) is 5.29. The van der Waals surface area contributed by atoms with Crippen LogP contribution in [0.2, 0.25) is 5.02 Å². The van der Waals surface area contributed by atoms with Crippen LogP contribution in [0.3, 0.4) is 0 Å². The lowest BCUT2D eigenvalue weighted by Gasteiger charge is -2.36. The van der Waals surface area contributed by atoms with Gasteiger partial charge in [-0.05, 0) is 36.2 Å². The number of carbonyl (C=O) groups is 1. The standard InChI is InChI=1S/C20H22ClN5O3S/c1-2-3-7-26-18(27)16-15(22-20(26)29)17(30-23-16)19(28)25-10-8-24(9-11-25)14-6-4-5-13(21)12-14/h4-6,12H,2-3,7-11H2,1H3,(H,22,29). The molecule has 1 aromatic carbocycles. The molecule has 0 spiro atoms. The Morgan fingerprint density at radius 2 is 2.00 bits per heavy atom. The average Bonchev–Trinajstić information content (AvgIpc) is 3.17. The van der Waals surface area contributed by atoms with E-state index < -0.39 is 11.2 Å². The molecule has 0 aliphatic carbocycles. The Bertz CT molecular complexity index is 1190. The number of rotatable bonds is 5. The van der Waals surface area contributed by atoms with Crippen molar-refractivity contribution in [3.8, 4) is 0 Å². The third kappa shape index (κ3) is 3.87. The number of piperazine rings is 1. The summed E-state index contributed by atoms with van der Waals surface area (Å²) < 4.78 is 5.34. The first-order chi connectivity index (χ1) is 14.5. The number of nitrogens with zero attached hydrogens (tertiary/aromatic N) is 4. The second-order valence-corrected chi connectivity index (χ2v) is 8.44. The number of hydrogen-bond donors (Lipinski definition) is 1. The predicted molar refractivity (Wildman–Crippen MR) is 119 cm³/mol. The molecule has 30 heavy (non-hydrogen) atoms. The van der Waals surface area contributed by atoms with E-state index in [2.05, 4.69) is 14.3 Å². The van der Waals surface area contributed by atoms with Crippen LogP contribution in [0.15, 0.2) is 33.9 Å². The Balaban J connectivity index is 1.54. The fourth-order valence-corrected chi connectivity index (χ4v) is 4.58. The van der Waals surface area contributed by atoms with E-state index in [-0.39, 0.29) is 16.9 Å². The number of H-pyrrole nitrogens is 1. The summed E-state index contributed by atoms with van der Waals surface area (Å²) in [7, 11) is 0. The normalized spacial score (nSPS) is 14.5. The zero-order valence-corrected chi connectivity index (χ0v) is 18.1. The second-order valence-electron chi connectivity index (χ2n) is 7.23. The van der Waals surface area contributed by atoms with E-state index in [0.29, 0.717) is 42.6 Å². The lowest BCUT2D eigenvalue weighted by atomic mass is 10.2. The number of aromatic nitrogens is 3. The Morgan fingerprint density at radius 3 is 2.70 bits per heavy atom. The quantitative estimate of drug-likeness (QED) is 0.649. The number of hydrogen-bond acceptors (Lipinski definition) is 6. The lowest BCUT2D eigenvalue weighted by Crippen LogP contribution is -2.48. The minimum absolute atomic E-state index is 0.150. The maximum atomic E-state index is 13.1. The maximum absolute atomic E-state index is 13.1. The maximum Gasteiger partial charge on any atom is 0.328 e. The molecule has 0 saturated carbocycles. The molecule has 4 rings (SSSR count). The molecular formula is C20H22ClN5O3S. The zero-order chi connectivity index (χ0) is 21.3. The molecule has 0 atom stereocenters. The first kappa shape index (κ1) is 20.6. The molecule has 2 aromatic heterocycles. The molecule has 0 radical (unpaired) electrons. The Labute approximate surface area is 181 Å². The third-order valence-corrected chi connectivity index (χ3v) is 6.36. The van der Waals surface area contributed by atoms with Gasteiger partial charge in [0.15, 0.2) is 5.52 Å². The van der Waals surface area contributed by atoms with Crippen LogP contribution in [0, 0.1) is 0 Å². The van der Waals surface area contributed by atoms with E-state index in [1.165, 1.54) is 0 Å². The van der Waals surface area contributed by atoms with Crippen molar-refractivity contribution >= 4 is 45.8 Å². The number of benzene rings is 1. The highest BCUT2D eigenvalue weighted by molar-refractivity contribution is 7.09. The Morgan fingerprint density at radius 1 is 1.23 bits per heavy atom. The van der Waals surface area contributed by atoms with E-state index >= 15 is 0 Å². The van der Waals surface area contributed by atoms with Crippen molar-refractivity contribution in [3.05, 3.63) is 55.0 Å². The molecule has 1 amide bonds. The number of carbonyl (C=O) groups excluding carboxylic acids is 1. The minimum atomic E-state index is -0.499. The molecule has 10 heteroatoms. The van der Waals surface area contributed by atoms with Gasteiger partial charge in [0.1, 0.15) is 4.88 Å². The molecule has 3 aromatic rings. The SMILES string of the molecule is CCCCn1c(=O)[nH]c2c(C(=O)N3CCN(c4cccc(Cl)c4)CC3)snc2c1=O. The monoisotopic (exact) mass is 447 g/mol. The highest BCUT2D eigenvalue weighted by Gasteiger charge is 2.27. The fourth-order valence-electron chi connectivity index (χ4n) is 3.60. The van der Waals surface area contributed by atoms with Crippen LogP contribution in [0.4, 0.5) is 5.69 Å². The number of unbranched alkanes of at least 4 members (excludes halogenated alkanes) is 1. The van der Waals surface area contributed by atoms with Crippen LogP contribution < -0.4 is 16.1 Å².